The zero-order chi connectivity index (χ0) is 21.0. The topological polar surface area (TPSA) is 75.7 Å². The van der Waals surface area contributed by atoms with Gasteiger partial charge in [0.05, 0.1) is 23.3 Å². The molecule has 0 unspecified atom stereocenters. The summed E-state index contributed by atoms with van der Waals surface area (Å²) < 4.78 is 60.0. The van der Waals surface area contributed by atoms with Crippen molar-refractivity contribution in [3.63, 3.8) is 0 Å². The van der Waals surface area contributed by atoms with Crippen LogP contribution in [0.3, 0.4) is 0 Å². The molecule has 1 fully saturated rings. The number of hydrogen-bond donors (Lipinski definition) is 1. The van der Waals surface area contributed by atoms with Crippen molar-refractivity contribution in [3.8, 4) is 5.75 Å². The van der Waals surface area contributed by atoms with Crippen LogP contribution in [0.4, 0.5) is 14.5 Å². The number of nitrogens with zero attached hydrogens (tertiary/aromatic N) is 1. The molecule has 1 aliphatic rings. The first-order chi connectivity index (χ1) is 13.8. The quantitative estimate of drug-likeness (QED) is 0.792. The molecule has 1 aliphatic heterocycles. The van der Waals surface area contributed by atoms with Gasteiger partial charge in [0, 0.05) is 13.1 Å². The maximum absolute atomic E-state index is 13.9. The third kappa shape index (κ3) is 4.56. The van der Waals surface area contributed by atoms with Gasteiger partial charge in [0.1, 0.15) is 5.75 Å². The number of carbonyl (C=O) groups excluding carboxylic acids is 1. The minimum absolute atomic E-state index is 0.00443. The molecule has 1 heterocycles. The SMILES string of the molecule is COc1ccc(S(=O)(=O)N2CCCCCC2)cc1NC(=O)c1cccc(F)c1F. The van der Waals surface area contributed by atoms with Crippen LogP contribution in [0.5, 0.6) is 5.75 Å². The molecule has 6 nitrogen and oxygen atoms in total. The largest absolute Gasteiger partial charge is 0.495 e. The Balaban J connectivity index is 1.93. The zero-order valence-electron chi connectivity index (χ0n) is 16.0. The molecule has 0 spiro atoms. The lowest BCUT2D eigenvalue weighted by Gasteiger charge is -2.21. The average Bonchev–Trinajstić information content (AvgIpc) is 3.00. The number of carbonyl (C=O) groups is 1. The number of rotatable bonds is 5. The Labute approximate surface area is 168 Å². The second kappa shape index (κ2) is 8.87. The van der Waals surface area contributed by atoms with Gasteiger partial charge in [-0.15, -0.1) is 0 Å². The molecule has 29 heavy (non-hydrogen) atoms. The van der Waals surface area contributed by atoms with Gasteiger partial charge in [-0.1, -0.05) is 18.9 Å². The van der Waals surface area contributed by atoms with Crippen LogP contribution in [0, 0.1) is 11.6 Å². The second-order valence-electron chi connectivity index (χ2n) is 6.74. The van der Waals surface area contributed by atoms with Gasteiger partial charge < -0.3 is 10.1 Å². The fourth-order valence-corrected chi connectivity index (χ4v) is 4.79. The monoisotopic (exact) mass is 424 g/mol. The van der Waals surface area contributed by atoms with Gasteiger partial charge in [0.15, 0.2) is 11.6 Å². The van der Waals surface area contributed by atoms with Crippen LogP contribution in [0.1, 0.15) is 36.0 Å². The molecular weight excluding hydrogens is 402 g/mol. The lowest BCUT2D eigenvalue weighted by Crippen LogP contribution is -2.32. The predicted octanol–water partition coefficient (Wildman–Crippen LogP) is 3.79. The van der Waals surface area contributed by atoms with E-state index in [9.17, 15) is 22.0 Å². The van der Waals surface area contributed by atoms with Crippen molar-refractivity contribution in [2.24, 2.45) is 0 Å². The van der Waals surface area contributed by atoms with Gasteiger partial charge in [-0.3, -0.25) is 4.79 Å². The Morgan fingerprint density at radius 3 is 2.41 bits per heavy atom. The number of benzene rings is 2. The number of hydrogen-bond acceptors (Lipinski definition) is 4. The normalized spacial score (nSPS) is 15.6. The Bertz CT molecular complexity index is 1000. The van der Waals surface area contributed by atoms with E-state index >= 15 is 0 Å². The molecule has 2 aromatic rings. The van der Waals surface area contributed by atoms with Gasteiger partial charge in [0.25, 0.3) is 5.91 Å². The number of anilines is 1. The van der Waals surface area contributed by atoms with Gasteiger partial charge >= 0.3 is 0 Å². The van der Waals surface area contributed by atoms with E-state index in [1.807, 2.05) is 0 Å². The van der Waals surface area contributed by atoms with E-state index in [-0.39, 0.29) is 16.3 Å². The number of amides is 1. The number of halogens is 2. The van der Waals surface area contributed by atoms with Crippen molar-refractivity contribution in [1.29, 1.82) is 0 Å². The summed E-state index contributed by atoms with van der Waals surface area (Å²) in [6, 6.07) is 7.35. The van der Waals surface area contributed by atoms with Crippen LogP contribution < -0.4 is 10.1 Å². The van der Waals surface area contributed by atoms with E-state index in [2.05, 4.69) is 5.32 Å². The summed E-state index contributed by atoms with van der Waals surface area (Å²) in [7, 11) is -2.40. The van der Waals surface area contributed by atoms with Crippen molar-refractivity contribution in [2.45, 2.75) is 30.6 Å². The minimum Gasteiger partial charge on any atom is -0.495 e. The lowest BCUT2D eigenvalue weighted by molar-refractivity contribution is 0.102. The fourth-order valence-electron chi connectivity index (χ4n) is 3.25. The molecule has 156 valence electrons. The van der Waals surface area contributed by atoms with Crippen molar-refractivity contribution >= 4 is 21.6 Å². The highest BCUT2D eigenvalue weighted by molar-refractivity contribution is 7.89. The van der Waals surface area contributed by atoms with Crippen molar-refractivity contribution in [2.75, 3.05) is 25.5 Å². The van der Waals surface area contributed by atoms with Crippen molar-refractivity contribution < 1.29 is 26.7 Å². The average molecular weight is 424 g/mol. The molecule has 0 aromatic heterocycles. The van der Waals surface area contributed by atoms with E-state index in [1.165, 1.54) is 35.7 Å². The summed E-state index contributed by atoms with van der Waals surface area (Å²) in [5, 5.41) is 2.42. The second-order valence-corrected chi connectivity index (χ2v) is 8.67. The summed E-state index contributed by atoms with van der Waals surface area (Å²) in [5.41, 5.74) is -0.440. The minimum atomic E-state index is -3.76. The Morgan fingerprint density at radius 1 is 1.07 bits per heavy atom. The molecule has 0 bridgehead atoms. The van der Waals surface area contributed by atoms with Crippen LogP contribution in [0.2, 0.25) is 0 Å². The predicted molar refractivity (Wildman–Crippen MR) is 105 cm³/mol. The standard InChI is InChI=1S/C20H22F2N2O4S/c1-28-18-10-9-14(29(26,27)24-11-4-2-3-5-12-24)13-17(18)23-20(25)15-7-6-8-16(21)19(15)22/h6-10,13H,2-5,11-12H2,1H3,(H,23,25). The fraction of sp³-hybridized carbons (Fsp3) is 0.350. The molecule has 3 rings (SSSR count). The Kier molecular flexibility index (Phi) is 6.49. The Morgan fingerprint density at radius 2 is 1.76 bits per heavy atom. The third-order valence-electron chi connectivity index (χ3n) is 4.82. The van der Waals surface area contributed by atoms with Gasteiger partial charge in [-0.25, -0.2) is 17.2 Å². The number of sulfonamides is 1. The maximum Gasteiger partial charge on any atom is 0.258 e. The van der Waals surface area contributed by atoms with Crippen molar-refractivity contribution in [3.05, 3.63) is 53.6 Å². The highest BCUT2D eigenvalue weighted by Crippen LogP contribution is 2.30. The summed E-state index contributed by atoms with van der Waals surface area (Å²) >= 11 is 0. The summed E-state index contributed by atoms with van der Waals surface area (Å²) in [4.78, 5) is 12.4. The molecule has 0 saturated carbocycles. The summed E-state index contributed by atoms with van der Waals surface area (Å²) in [6.07, 6.45) is 3.54. The number of nitrogens with one attached hydrogen (secondary N) is 1. The molecule has 2 aromatic carbocycles. The van der Waals surface area contributed by atoms with Crippen LogP contribution in [-0.2, 0) is 10.0 Å². The summed E-state index contributed by atoms with van der Waals surface area (Å²) in [5.74, 6) is -3.14. The molecule has 1 amide bonds. The first-order valence-electron chi connectivity index (χ1n) is 9.28. The van der Waals surface area contributed by atoms with E-state index in [4.69, 9.17) is 4.74 Å². The lowest BCUT2D eigenvalue weighted by atomic mass is 10.2. The number of methoxy groups -OCH3 is 1. The smallest absolute Gasteiger partial charge is 0.258 e. The molecule has 0 atom stereocenters. The molecular formula is C20H22F2N2O4S. The first-order valence-corrected chi connectivity index (χ1v) is 10.7. The molecule has 0 radical (unpaired) electrons. The number of ether oxygens (including phenoxy) is 1. The highest BCUT2D eigenvalue weighted by Gasteiger charge is 2.26. The van der Waals surface area contributed by atoms with Gasteiger partial charge in [0.2, 0.25) is 10.0 Å². The van der Waals surface area contributed by atoms with Crippen LogP contribution >= 0.6 is 0 Å². The molecule has 1 saturated heterocycles. The van der Waals surface area contributed by atoms with E-state index in [0.717, 1.165) is 37.8 Å². The highest BCUT2D eigenvalue weighted by atomic mass is 32.2. The molecule has 9 heteroatoms. The van der Waals surface area contributed by atoms with Gasteiger partial charge in [-0.05, 0) is 43.2 Å². The Hall–Kier alpha value is -2.52. The van der Waals surface area contributed by atoms with E-state index in [0.29, 0.717) is 13.1 Å². The van der Waals surface area contributed by atoms with Crippen molar-refractivity contribution in [1.82, 2.24) is 4.31 Å². The summed E-state index contributed by atoms with van der Waals surface area (Å²) in [6.45, 7) is 0.870. The van der Waals surface area contributed by atoms with Gasteiger partial charge in [-0.2, -0.15) is 4.31 Å². The third-order valence-corrected chi connectivity index (χ3v) is 6.71. The van der Waals surface area contributed by atoms with E-state index < -0.39 is 33.1 Å². The first kappa shape index (κ1) is 21.2. The zero-order valence-corrected chi connectivity index (χ0v) is 16.8. The van der Waals surface area contributed by atoms with Crippen LogP contribution in [0.15, 0.2) is 41.3 Å². The maximum atomic E-state index is 13.9. The van der Waals surface area contributed by atoms with E-state index in [1.54, 1.807) is 0 Å². The van der Waals surface area contributed by atoms with Crippen LogP contribution in [0.25, 0.3) is 0 Å². The van der Waals surface area contributed by atoms with Crippen LogP contribution in [-0.4, -0.2) is 38.8 Å². The molecule has 1 N–H and O–H groups in total. The molecule has 0 aliphatic carbocycles.